The van der Waals surface area contributed by atoms with E-state index in [0.29, 0.717) is 29.5 Å². The maximum absolute atomic E-state index is 12.7. The summed E-state index contributed by atoms with van der Waals surface area (Å²) < 4.78 is 0. The average Bonchev–Trinajstić information content (AvgIpc) is 3.17. The van der Waals surface area contributed by atoms with Crippen LogP contribution in [0.25, 0.3) is 11.3 Å². The van der Waals surface area contributed by atoms with E-state index < -0.39 is 0 Å². The monoisotopic (exact) mass is 358 g/mol. The van der Waals surface area contributed by atoms with Crippen LogP contribution in [0.4, 0.5) is 0 Å². The number of H-pyrrole nitrogens is 1. The Kier molecular flexibility index (Phi) is 4.21. The van der Waals surface area contributed by atoms with Gasteiger partial charge in [0.25, 0.3) is 5.91 Å². The molecule has 2 N–H and O–H groups in total. The van der Waals surface area contributed by atoms with Gasteiger partial charge in [0.15, 0.2) is 0 Å². The Morgan fingerprint density at radius 3 is 2.80 bits per heavy atom. The first kappa shape index (κ1) is 16.1. The van der Waals surface area contributed by atoms with Crippen molar-refractivity contribution in [2.24, 2.45) is 5.92 Å². The summed E-state index contributed by atoms with van der Waals surface area (Å²) in [5.41, 5.74) is 1.87. The molecule has 0 unspecified atom stereocenters. The Bertz CT molecular complexity index is 815. The third-order valence-corrected chi connectivity index (χ3v) is 5.06. The van der Waals surface area contributed by atoms with E-state index >= 15 is 0 Å². The molecule has 1 aromatic heterocycles. The molecule has 2 heterocycles. The summed E-state index contributed by atoms with van der Waals surface area (Å²) in [5, 5.41) is 10.7. The predicted molar refractivity (Wildman–Crippen MR) is 94.2 cm³/mol. The lowest BCUT2D eigenvalue weighted by molar-refractivity contribution is -0.122. The van der Waals surface area contributed by atoms with Crippen LogP contribution in [0.5, 0.6) is 0 Å². The molecule has 7 heteroatoms. The van der Waals surface area contributed by atoms with Crippen LogP contribution in [-0.2, 0) is 4.79 Å². The number of nitrogens with one attached hydrogen (secondary N) is 2. The average molecular weight is 359 g/mol. The molecule has 0 spiro atoms. The van der Waals surface area contributed by atoms with E-state index in [-0.39, 0.29) is 23.8 Å². The number of carbonyl (C=O) groups excluding carboxylic acids is 2. The molecule has 2 aliphatic rings. The number of amides is 2. The summed E-state index contributed by atoms with van der Waals surface area (Å²) in [7, 11) is 0. The van der Waals surface area contributed by atoms with Crippen LogP contribution >= 0.6 is 11.6 Å². The maximum Gasteiger partial charge on any atom is 0.271 e. The van der Waals surface area contributed by atoms with Gasteiger partial charge < -0.3 is 10.2 Å². The Hall–Kier alpha value is -2.34. The van der Waals surface area contributed by atoms with Gasteiger partial charge in [-0.3, -0.25) is 14.7 Å². The second-order valence-electron chi connectivity index (χ2n) is 6.67. The van der Waals surface area contributed by atoms with E-state index in [0.717, 1.165) is 24.8 Å². The van der Waals surface area contributed by atoms with Gasteiger partial charge in [0.1, 0.15) is 5.69 Å². The number of halogens is 1. The molecule has 1 saturated carbocycles. The summed E-state index contributed by atoms with van der Waals surface area (Å²) in [6.45, 7) is 1.17. The quantitative estimate of drug-likeness (QED) is 0.881. The second-order valence-corrected chi connectivity index (χ2v) is 7.07. The van der Waals surface area contributed by atoms with E-state index in [9.17, 15) is 9.59 Å². The predicted octanol–water partition coefficient (Wildman–Crippen LogP) is 2.47. The number of nitrogens with zero attached hydrogens (tertiary/aromatic N) is 2. The van der Waals surface area contributed by atoms with Crippen molar-refractivity contribution < 1.29 is 9.59 Å². The Morgan fingerprint density at radius 1 is 1.24 bits per heavy atom. The summed E-state index contributed by atoms with van der Waals surface area (Å²) >= 11 is 6.18. The summed E-state index contributed by atoms with van der Waals surface area (Å²) in [6, 6.07) is 9.16. The molecule has 130 valence electrons. The first-order chi connectivity index (χ1) is 12.1. The molecule has 25 heavy (non-hydrogen) atoms. The van der Waals surface area contributed by atoms with Crippen molar-refractivity contribution in [1.29, 1.82) is 0 Å². The number of carbonyl (C=O) groups is 2. The van der Waals surface area contributed by atoms with Gasteiger partial charge in [0, 0.05) is 30.6 Å². The summed E-state index contributed by atoms with van der Waals surface area (Å²) in [5.74, 6) is 0.214. The fourth-order valence-corrected chi connectivity index (χ4v) is 3.37. The lowest BCUT2D eigenvalue weighted by Gasteiger charge is -2.16. The van der Waals surface area contributed by atoms with Gasteiger partial charge in [-0.1, -0.05) is 29.8 Å². The number of hydrogen-bond donors (Lipinski definition) is 2. The van der Waals surface area contributed by atoms with Gasteiger partial charge in [0.2, 0.25) is 5.91 Å². The standard InChI is InChI=1S/C18H19ClN4O2/c19-14-4-2-1-3-13(14)15-9-16(22-21-15)18(25)23-8-7-12(10-23)20-17(24)11-5-6-11/h1-4,9,11-12H,5-8,10H2,(H,20,24)(H,21,22)/t12-/m1/s1. The summed E-state index contributed by atoms with van der Waals surface area (Å²) in [4.78, 5) is 26.3. The Labute approximate surface area is 150 Å². The van der Waals surface area contributed by atoms with Crippen molar-refractivity contribution in [3.63, 3.8) is 0 Å². The molecular formula is C18H19ClN4O2. The number of benzene rings is 1. The molecule has 2 aromatic rings. The van der Waals surface area contributed by atoms with E-state index in [1.807, 2.05) is 18.2 Å². The number of rotatable bonds is 4. The van der Waals surface area contributed by atoms with Crippen LogP contribution in [0.3, 0.4) is 0 Å². The van der Waals surface area contributed by atoms with Crippen molar-refractivity contribution in [3.8, 4) is 11.3 Å². The molecule has 1 aliphatic heterocycles. The fourth-order valence-electron chi connectivity index (χ4n) is 3.14. The Balaban J connectivity index is 1.42. The third kappa shape index (κ3) is 3.39. The molecule has 1 atom stereocenters. The highest BCUT2D eigenvalue weighted by Crippen LogP contribution is 2.29. The summed E-state index contributed by atoms with van der Waals surface area (Å²) in [6.07, 6.45) is 2.76. The minimum Gasteiger partial charge on any atom is -0.351 e. The molecule has 6 nitrogen and oxygen atoms in total. The lowest BCUT2D eigenvalue weighted by atomic mass is 10.1. The van der Waals surface area contributed by atoms with Gasteiger partial charge >= 0.3 is 0 Å². The highest BCUT2D eigenvalue weighted by Gasteiger charge is 2.34. The van der Waals surface area contributed by atoms with E-state index in [1.54, 1.807) is 17.0 Å². The van der Waals surface area contributed by atoms with Crippen molar-refractivity contribution in [2.45, 2.75) is 25.3 Å². The number of aromatic amines is 1. The van der Waals surface area contributed by atoms with Crippen LogP contribution in [0.2, 0.25) is 5.02 Å². The first-order valence-electron chi connectivity index (χ1n) is 8.52. The van der Waals surface area contributed by atoms with Crippen molar-refractivity contribution in [3.05, 3.63) is 41.0 Å². The molecule has 0 radical (unpaired) electrons. The van der Waals surface area contributed by atoms with Crippen LogP contribution in [0, 0.1) is 5.92 Å². The van der Waals surface area contributed by atoms with Gasteiger partial charge in [0.05, 0.1) is 10.7 Å². The highest BCUT2D eigenvalue weighted by atomic mass is 35.5. The van der Waals surface area contributed by atoms with Gasteiger partial charge in [-0.2, -0.15) is 5.10 Å². The van der Waals surface area contributed by atoms with Crippen molar-refractivity contribution in [1.82, 2.24) is 20.4 Å². The van der Waals surface area contributed by atoms with Crippen LogP contribution < -0.4 is 5.32 Å². The van der Waals surface area contributed by atoms with Crippen molar-refractivity contribution in [2.75, 3.05) is 13.1 Å². The minimum absolute atomic E-state index is 0.0445. The SMILES string of the molecule is O=C(N[C@@H]1CCN(C(=O)c2cc(-c3ccccc3Cl)n[nH]2)C1)C1CC1. The molecule has 1 aliphatic carbocycles. The zero-order valence-corrected chi connectivity index (χ0v) is 14.4. The topological polar surface area (TPSA) is 78.1 Å². The van der Waals surface area contributed by atoms with Crippen LogP contribution in [-0.4, -0.2) is 46.0 Å². The minimum atomic E-state index is -0.103. The lowest BCUT2D eigenvalue weighted by Crippen LogP contribution is -2.39. The smallest absolute Gasteiger partial charge is 0.271 e. The molecule has 1 aromatic carbocycles. The normalized spacial score (nSPS) is 19.9. The first-order valence-corrected chi connectivity index (χ1v) is 8.89. The number of likely N-dealkylation sites (tertiary alicyclic amines) is 1. The molecule has 1 saturated heterocycles. The second kappa shape index (κ2) is 6.52. The molecule has 4 rings (SSSR count). The van der Waals surface area contributed by atoms with E-state index in [2.05, 4.69) is 15.5 Å². The largest absolute Gasteiger partial charge is 0.351 e. The molecular weight excluding hydrogens is 340 g/mol. The van der Waals surface area contributed by atoms with Crippen LogP contribution in [0.15, 0.2) is 30.3 Å². The van der Waals surface area contributed by atoms with E-state index in [1.165, 1.54) is 0 Å². The van der Waals surface area contributed by atoms with Gasteiger partial charge in [-0.05, 0) is 31.4 Å². The van der Waals surface area contributed by atoms with Gasteiger partial charge in [-0.15, -0.1) is 0 Å². The van der Waals surface area contributed by atoms with Crippen molar-refractivity contribution >= 4 is 23.4 Å². The zero-order chi connectivity index (χ0) is 17.4. The Morgan fingerprint density at radius 2 is 2.04 bits per heavy atom. The van der Waals surface area contributed by atoms with Crippen LogP contribution in [0.1, 0.15) is 29.8 Å². The highest BCUT2D eigenvalue weighted by molar-refractivity contribution is 6.33. The fraction of sp³-hybridized carbons (Fsp3) is 0.389. The van der Waals surface area contributed by atoms with Gasteiger partial charge in [-0.25, -0.2) is 0 Å². The molecule has 2 fully saturated rings. The maximum atomic E-state index is 12.7. The number of hydrogen-bond acceptors (Lipinski definition) is 3. The van der Waals surface area contributed by atoms with E-state index in [4.69, 9.17) is 11.6 Å². The molecule has 2 amide bonds. The zero-order valence-electron chi connectivity index (χ0n) is 13.7. The number of aromatic nitrogens is 2. The molecule has 0 bridgehead atoms. The third-order valence-electron chi connectivity index (χ3n) is 4.73.